The Morgan fingerprint density at radius 2 is 1.85 bits per heavy atom. The van der Waals surface area contributed by atoms with Gasteiger partial charge >= 0.3 is 5.69 Å². The fourth-order valence-corrected chi connectivity index (χ4v) is 3.96. The number of rotatable bonds is 6. The third-order valence-electron chi connectivity index (χ3n) is 4.46. The van der Waals surface area contributed by atoms with Crippen molar-refractivity contribution in [3.05, 3.63) is 62.1 Å². The summed E-state index contributed by atoms with van der Waals surface area (Å²) in [6.07, 6.45) is 0.794. The molecule has 1 amide bonds. The minimum Gasteiger partial charge on any atom is -0.385 e. The molecule has 1 N–H and O–H groups in total. The molecule has 0 aliphatic carbocycles. The van der Waals surface area contributed by atoms with Gasteiger partial charge in [0, 0.05) is 39.9 Å². The van der Waals surface area contributed by atoms with Crippen molar-refractivity contribution in [2.75, 3.05) is 25.5 Å². The number of amides is 1. The van der Waals surface area contributed by atoms with Crippen molar-refractivity contribution in [1.29, 1.82) is 0 Å². The standard InChI is InChI=1S/C19H22N4O3S/c1-21(11-7-10-20-13-8-5-4-6-9-13)17(25)15-12-14-16(24)22(2)19(26)23(3)18(14)27-15/h4-6,8-9,12,20H,7,10-11H2,1-3H3. The summed E-state index contributed by atoms with van der Waals surface area (Å²) < 4.78 is 2.46. The summed E-state index contributed by atoms with van der Waals surface area (Å²) in [5.74, 6) is -0.148. The molecular formula is C19H22N4O3S. The first kappa shape index (κ1) is 18.9. The normalized spacial score (nSPS) is 10.9. The summed E-state index contributed by atoms with van der Waals surface area (Å²) in [7, 11) is 4.79. The number of nitrogens with zero attached hydrogens (tertiary/aromatic N) is 3. The van der Waals surface area contributed by atoms with Crippen LogP contribution in [0.15, 0.2) is 46.0 Å². The van der Waals surface area contributed by atoms with Crippen molar-refractivity contribution in [3.8, 4) is 0 Å². The first-order valence-electron chi connectivity index (χ1n) is 8.64. The number of carbonyl (C=O) groups is 1. The Bertz CT molecular complexity index is 1080. The van der Waals surface area contributed by atoms with Crippen LogP contribution in [0.2, 0.25) is 0 Å². The molecule has 0 aliphatic rings. The second kappa shape index (κ2) is 7.79. The van der Waals surface area contributed by atoms with E-state index in [1.165, 1.54) is 23.0 Å². The van der Waals surface area contributed by atoms with E-state index in [0.717, 1.165) is 23.2 Å². The minimum absolute atomic E-state index is 0.148. The highest BCUT2D eigenvalue weighted by Gasteiger charge is 2.18. The van der Waals surface area contributed by atoms with Crippen LogP contribution in [0.25, 0.3) is 10.2 Å². The molecule has 3 aromatic rings. The fourth-order valence-electron chi connectivity index (χ4n) is 2.86. The minimum atomic E-state index is -0.395. The summed E-state index contributed by atoms with van der Waals surface area (Å²) in [6, 6.07) is 11.5. The van der Waals surface area contributed by atoms with Crippen LogP contribution < -0.4 is 16.6 Å². The van der Waals surface area contributed by atoms with Gasteiger partial charge in [0.2, 0.25) is 0 Å². The zero-order chi connectivity index (χ0) is 19.6. The van der Waals surface area contributed by atoms with Crippen molar-refractivity contribution < 1.29 is 4.79 Å². The van der Waals surface area contributed by atoms with Gasteiger partial charge in [-0.25, -0.2) is 4.79 Å². The monoisotopic (exact) mass is 386 g/mol. The lowest BCUT2D eigenvalue weighted by Crippen LogP contribution is -2.36. The van der Waals surface area contributed by atoms with E-state index in [4.69, 9.17) is 0 Å². The number of nitrogens with one attached hydrogen (secondary N) is 1. The van der Waals surface area contributed by atoms with Crippen LogP contribution in [0.1, 0.15) is 16.1 Å². The summed E-state index contributed by atoms with van der Waals surface area (Å²) >= 11 is 1.18. The maximum Gasteiger partial charge on any atom is 0.331 e. The van der Waals surface area contributed by atoms with Crippen molar-refractivity contribution in [2.24, 2.45) is 14.1 Å². The van der Waals surface area contributed by atoms with Gasteiger partial charge in [-0.05, 0) is 24.6 Å². The van der Waals surface area contributed by atoms with Crippen LogP contribution >= 0.6 is 11.3 Å². The number of hydrogen-bond acceptors (Lipinski definition) is 5. The number of hydrogen-bond donors (Lipinski definition) is 1. The lowest BCUT2D eigenvalue weighted by molar-refractivity contribution is 0.0799. The van der Waals surface area contributed by atoms with Crippen LogP contribution in [-0.4, -0.2) is 40.1 Å². The molecular weight excluding hydrogens is 364 g/mol. The van der Waals surface area contributed by atoms with Gasteiger partial charge in [-0.15, -0.1) is 11.3 Å². The predicted molar refractivity (Wildman–Crippen MR) is 109 cm³/mol. The molecule has 3 rings (SSSR count). The molecule has 0 bridgehead atoms. The summed E-state index contributed by atoms with van der Waals surface area (Å²) in [5.41, 5.74) is 0.277. The van der Waals surface area contributed by atoms with E-state index in [1.807, 2.05) is 30.3 Å². The zero-order valence-corrected chi connectivity index (χ0v) is 16.4. The molecule has 0 unspecified atom stereocenters. The van der Waals surface area contributed by atoms with E-state index >= 15 is 0 Å². The van der Waals surface area contributed by atoms with E-state index in [2.05, 4.69) is 5.32 Å². The highest BCUT2D eigenvalue weighted by Crippen LogP contribution is 2.22. The van der Waals surface area contributed by atoms with Gasteiger partial charge in [0.05, 0.1) is 10.3 Å². The van der Waals surface area contributed by atoms with E-state index in [0.29, 0.717) is 21.6 Å². The Morgan fingerprint density at radius 1 is 1.15 bits per heavy atom. The predicted octanol–water partition coefficient (Wildman–Crippen LogP) is 1.87. The number of aryl methyl sites for hydroxylation is 1. The molecule has 0 fully saturated rings. The van der Waals surface area contributed by atoms with Gasteiger partial charge < -0.3 is 10.2 Å². The number of carbonyl (C=O) groups excluding carboxylic acids is 1. The summed E-state index contributed by atoms with van der Waals surface area (Å²) in [4.78, 5) is 39.6. The molecule has 0 radical (unpaired) electrons. The van der Waals surface area contributed by atoms with Gasteiger partial charge in [-0.3, -0.25) is 18.7 Å². The van der Waals surface area contributed by atoms with Crippen LogP contribution in [0.4, 0.5) is 5.69 Å². The first-order valence-corrected chi connectivity index (χ1v) is 9.45. The van der Waals surface area contributed by atoms with Gasteiger partial charge in [0.25, 0.3) is 11.5 Å². The summed E-state index contributed by atoms with van der Waals surface area (Å²) in [5, 5.41) is 3.71. The Labute approximate surface area is 160 Å². The molecule has 0 saturated carbocycles. The second-order valence-corrected chi connectivity index (χ2v) is 7.44. The molecule has 0 atom stereocenters. The largest absolute Gasteiger partial charge is 0.385 e. The van der Waals surface area contributed by atoms with Gasteiger partial charge in [-0.1, -0.05) is 18.2 Å². The van der Waals surface area contributed by atoms with Crippen LogP contribution in [0, 0.1) is 0 Å². The van der Waals surface area contributed by atoms with Crippen LogP contribution in [-0.2, 0) is 14.1 Å². The van der Waals surface area contributed by atoms with Crippen LogP contribution in [0.5, 0.6) is 0 Å². The molecule has 0 aliphatic heterocycles. The number of para-hydroxylation sites is 1. The molecule has 27 heavy (non-hydrogen) atoms. The molecule has 7 nitrogen and oxygen atoms in total. The van der Waals surface area contributed by atoms with E-state index < -0.39 is 5.69 Å². The van der Waals surface area contributed by atoms with Crippen molar-refractivity contribution >= 4 is 33.1 Å². The summed E-state index contributed by atoms with van der Waals surface area (Å²) in [6.45, 7) is 1.34. The van der Waals surface area contributed by atoms with Crippen molar-refractivity contribution in [3.63, 3.8) is 0 Å². The van der Waals surface area contributed by atoms with Gasteiger partial charge in [0.1, 0.15) is 4.83 Å². The topological polar surface area (TPSA) is 76.3 Å². The third kappa shape index (κ3) is 3.80. The smallest absolute Gasteiger partial charge is 0.331 e. The van der Waals surface area contributed by atoms with Crippen LogP contribution in [0.3, 0.4) is 0 Å². The fraction of sp³-hybridized carbons (Fsp3) is 0.316. The molecule has 2 aromatic heterocycles. The Hall–Kier alpha value is -2.87. The Morgan fingerprint density at radius 3 is 2.56 bits per heavy atom. The van der Waals surface area contributed by atoms with Gasteiger partial charge in [-0.2, -0.15) is 0 Å². The average molecular weight is 386 g/mol. The Balaban J connectivity index is 1.68. The maximum atomic E-state index is 12.7. The lowest BCUT2D eigenvalue weighted by atomic mass is 10.3. The molecule has 0 spiro atoms. The number of anilines is 1. The highest BCUT2D eigenvalue weighted by molar-refractivity contribution is 7.20. The third-order valence-corrected chi connectivity index (χ3v) is 5.66. The molecule has 0 saturated heterocycles. The zero-order valence-electron chi connectivity index (χ0n) is 15.6. The molecule has 8 heteroatoms. The molecule has 2 heterocycles. The van der Waals surface area contributed by atoms with E-state index in [1.54, 1.807) is 25.1 Å². The highest BCUT2D eigenvalue weighted by atomic mass is 32.1. The SMILES string of the molecule is CN(CCCNc1ccccc1)C(=O)c1cc2c(=O)n(C)c(=O)n(C)c2s1. The molecule has 142 valence electrons. The quantitative estimate of drug-likeness (QED) is 0.656. The van der Waals surface area contributed by atoms with Crippen molar-refractivity contribution in [1.82, 2.24) is 14.0 Å². The number of fused-ring (bicyclic) bond motifs is 1. The maximum absolute atomic E-state index is 12.7. The van der Waals surface area contributed by atoms with E-state index in [-0.39, 0.29) is 11.5 Å². The lowest BCUT2D eigenvalue weighted by Gasteiger charge is -2.16. The Kier molecular flexibility index (Phi) is 5.46. The van der Waals surface area contributed by atoms with Crippen molar-refractivity contribution in [2.45, 2.75) is 6.42 Å². The van der Waals surface area contributed by atoms with E-state index in [9.17, 15) is 14.4 Å². The number of thiophene rings is 1. The molecule has 1 aromatic carbocycles. The number of benzene rings is 1. The van der Waals surface area contributed by atoms with Gasteiger partial charge in [0.15, 0.2) is 0 Å². The number of aromatic nitrogens is 2. The first-order chi connectivity index (χ1) is 12.9. The second-order valence-electron chi connectivity index (χ2n) is 6.41. The average Bonchev–Trinajstić information content (AvgIpc) is 3.13.